The van der Waals surface area contributed by atoms with Gasteiger partial charge in [-0.3, -0.25) is 9.59 Å². The molecule has 6 nitrogen and oxygen atoms in total. The normalized spacial score (nSPS) is 12.0. The molecule has 0 fully saturated rings. The van der Waals surface area contributed by atoms with Gasteiger partial charge in [0.2, 0.25) is 5.91 Å². The maximum absolute atomic E-state index is 12.4. The molecule has 0 saturated carbocycles. The van der Waals surface area contributed by atoms with Crippen LogP contribution in [0.2, 0.25) is 0 Å². The van der Waals surface area contributed by atoms with Gasteiger partial charge < -0.3 is 20.1 Å². The van der Waals surface area contributed by atoms with Crippen LogP contribution in [0.1, 0.15) is 17.5 Å². The molecule has 0 aromatic heterocycles. The van der Waals surface area contributed by atoms with E-state index in [1.165, 1.54) is 29.3 Å². The van der Waals surface area contributed by atoms with Gasteiger partial charge in [0.25, 0.3) is 5.91 Å². The van der Waals surface area contributed by atoms with Gasteiger partial charge in [0.15, 0.2) is 18.1 Å². The molecule has 0 heterocycles. The first kappa shape index (κ1) is 22.7. The fourth-order valence-corrected chi connectivity index (χ4v) is 4.50. The number of methoxy groups -OCH3 is 1. The van der Waals surface area contributed by atoms with E-state index in [9.17, 15) is 9.59 Å². The lowest BCUT2D eigenvalue weighted by atomic mass is 10.1. The summed E-state index contributed by atoms with van der Waals surface area (Å²) in [5.74, 6) is 0.979. The topological polar surface area (TPSA) is 76.7 Å². The van der Waals surface area contributed by atoms with Crippen LogP contribution in [0.3, 0.4) is 0 Å². The number of carbonyl (C=O) groups excluding carboxylic acids is 2. The third-order valence-electron chi connectivity index (χ3n) is 5.30. The molecule has 2 N–H and O–H groups in total. The molecule has 3 aromatic carbocycles. The van der Waals surface area contributed by atoms with Gasteiger partial charge in [-0.2, -0.15) is 0 Å². The van der Waals surface area contributed by atoms with Gasteiger partial charge in [0.05, 0.1) is 12.9 Å². The van der Waals surface area contributed by atoms with Crippen molar-refractivity contribution in [3.63, 3.8) is 0 Å². The summed E-state index contributed by atoms with van der Waals surface area (Å²) in [5, 5.41) is 5.68. The Kier molecular flexibility index (Phi) is 7.52. The molecule has 1 aliphatic rings. The minimum atomic E-state index is -0.309. The Labute approximate surface area is 197 Å². The number of benzene rings is 3. The molecule has 170 valence electrons. The first-order chi connectivity index (χ1) is 16.1. The Bertz CT molecular complexity index is 1150. The lowest BCUT2D eigenvalue weighted by Gasteiger charge is -2.11. The van der Waals surface area contributed by atoms with Crippen molar-refractivity contribution in [3.8, 4) is 11.5 Å². The molecule has 0 atom stereocenters. The van der Waals surface area contributed by atoms with Crippen molar-refractivity contribution in [1.29, 1.82) is 0 Å². The number of hydrogen-bond donors (Lipinski definition) is 2. The minimum absolute atomic E-state index is 0.0940. The number of fused-ring (bicyclic) bond motifs is 1. The Hall–Kier alpha value is -3.45. The van der Waals surface area contributed by atoms with Crippen molar-refractivity contribution in [2.45, 2.75) is 24.2 Å². The number of hydrogen-bond acceptors (Lipinski definition) is 5. The summed E-state index contributed by atoms with van der Waals surface area (Å²) in [6, 6.07) is 20.7. The second-order valence-corrected chi connectivity index (χ2v) is 8.74. The SMILES string of the molecule is COc1ccccc1OCC(=O)Nc1cccc(NC(=O)CSc2ccc3c(c2)CCC3)c1. The number of nitrogens with one attached hydrogen (secondary N) is 2. The molecule has 0 aliphatic heterocycles. The van der Waals surface area contributed by atoms with Crippen molar-refractivity contribution in [2.75, 3.05) is 30.1 Å². The lowest BCUT2D eigenvalue weighted by molar-refractivity contribution is -0.118. The number of para-hydroxylation sites is 2. The highest BCUT2D eigenvalue weighted by Crippen LogP contribution is 2.28. The van der Waals surface area contributed by atoms with E-state index in [0.717, 1.165) is 17.7 Å². The largest absolute Gasteiger partial charge is 0.493 e. The predicted octanol–water partition coefficient (Wildman–Crippen LogP) is 4.93. The number of rotatable bonds is 9. The number of anilines is 2. The van der Waals surface area contributed by atoms with Crippen molar-refractivity contribution < 1.29 is 19.1 Å². The van der Waals surface area contributed by atoms with Crippen LogP contribution in [0, 0.1) is 0 Å². The third kappa shape index (κ3) is 6.29. The van der Waals surface area contributed by atoms with Crippen LogP contribution < -0.4 is 20.1 Å². The Morgan fingerprint density at radius 3 is 2.36 bits per heavy atom. The summed E-state index contributed by atoms with van der Waals surface area (Å²) >= 11 is 1.53. The summed E-state index contributed by atoms with van der Waals surface area (Å²) in [7, 11) is 1.55. The number of thioether (sulfide) groups is 1. The van der Waals surface area contributed by atoms with E-state index in [1.54, 1.807) is 43.5 Å². The van der Waals surface area contributed by atoms with E-state index in [1.807, 2.05) is 12.1 Å². The molecule has 1 aliphatic carbocycles. The molecule has 0 bridgehead atoms. The van der Waals surface area contributed by atoms with Crippen molar-refractivity contribution in [3.05, 3.63) is 77.9 Å². The number of amides is 2. The second kappa shape index (κ2) is 10.9. The Balaban J connectivity index is 1.26. The standard InChI is InChI=1S/C26H26N2O4S/c1-31-23-10-2-3-11-24(23)32-16-25(29)27-20-8-5-9-21(15-20)28-26(30)17-33-22-13-12-18-6-4-7-19(18)14-22/h2-3,5,8-15H,4,6-7,16-17H2,1H3,(H,27,29)(H,28,30). The Morgan fingerprint density at radius 1 is 0.848 bits per heavy atom. The summed E-state index contributed by atoms with van der Waals surface area (Å²) < 4.78 is 10.8. The molecule has 4 rings (SSSR count). The first-order valence-electron chi connectivity index (χ1n) is 10.8. The van der Waals surface area contributed by atoms with Crippen molar-refractivity contribution >= 4 is 35.0 Å². The molecule has 2 amide bonds. The van der Waals surface area contributed by atoms with Crippen LogP contribution >= 0.6 is 11.8 Å². The van der Waals surface area contributed by atoms with Crippen LogP contribution in [0.15, 0.2) is 71.6 Å². The smallest absolute Gasteiger partial charge is 0.262 e. The fourth-order valence-electron chi connectivity index (χ4n) is 3.74. The molecule has 0 radical (unpaired) electrons. The van der Waals surface area contributed by atoms with Crippen LogP contribution in [0.5, 0.6) is 11.5 Å². The zero-order valence-corrected chi connectivity index (χ0v) is 19.2. The zero-order chi connectivity index (χ0) is 23.0. The van der Waals surface area contributed by atoms with Crippen molar-refractivity contribution in [2.24, 2.45) is 0 Å². The highest BCUT2D eigenvalue weighted by Gasteiger charge is 2.12. The summed E-state index contributed by atoms with van der Waals surface area (Å²) in [5.41, 5.74) is 4.03. The highest BCUT2D eigenvalue weighted by molar-refractivity contribution is 8.00. The second-order valence-electron chi connectivity index (χ2n) is 7.69. The van der Waals surface area contributed by atoms with Gasteiger partial charge >= 0.3 is 0 Å². The maximum atomic E-state index is 12.4. The fraction of sp³-hybridized carbons (Fsp3) is 0.231. The van der Waals surface area contributed by atoms with E-state index < -0.39 is 0 Å². The van der Waals surface area contributed by atoms with Crippen LogP contribution in [0.25, 0.3) is 0 Å². The van der Waals surface area contributed by atoms with E-state index in [0.29, 0.717) is 28.6 Å². The predicted molar refractivity (Wildman–Crippen MR) is 131 cm³/mol. The van der Waals surface area contributed by atoms with Gasteiger partial charge in [-0.1, -0.05) is 24.3 Å². The molecule has 0 spiro atoms. The number of aryl methyl sites for hydroxylation is 2. The molecule has 3 aromatic rings. The van der Waals surface area contributed by atoms with Crippen molar-refractivity contribution in [1.82, 2.24) is 0 Å². The van der Waals surface area contributed by atoms with E-state index in [2.05, 4.69) is 28.8 Å². The molecular weight excluding hydrogens is 436 g/mol. The molecule has 33 heavy (non-hydrogen) atoms. The van der Waals surface area contributed by atoms with Gasteiger partial charge in [-0.05, 0) is 72.9 Å². The van der Waals surface area contributed by atoms with E-state index in [4.69, 9.17) is 9.47 Å². The monoisotopic (exact) mass is 462 g/mol. The Morgan fingerprint density at radius 2 is 1.58 bits per heavy atom. The minimum Gasteiger partial charge on any atom is -0.493 e. The van der Waals surface area contributed by atoms with Crippen LogP contribution in [0.4, 0.5) is 11.4 Å². The highest BCUT2D eigenvalue weighted by atomic mass is 32.2. The van der Waals surface area contributed by atoms with Gasteiger partial charge in [-0.25, -0.2) is 0 Å². The van der Waals surface area contributed by atoms with E-state index >= 15 is 0 Å². The average Bonchev–Trinajstić information content (AvgIpc) is 3.30. The number of carbonyl (C=O) groups is 2. The number of ether oxygens (including phenoxy) is 2. The molecule has 0 saturated heterocycles. The lowest BCUT2D eigenvalue weighted by Crippen LogP contribution is -2.20. The van der Waals surface area contributed by atoms with Gasteiger partial charge in [-0.15, -0.1) is 11.8 Å². The maximum Gasteiger partial charge on any atom is 0.262 e. The molecular formula is C26H26N2O4S. The summed E-state index contributed by atoms with van der Waals surface area (Å²) in [6.45, 7) is -0.158. The van der Waals surface area contributed by atoms with E-state index in [-0.39, 0.29) is 18.4 Å². The molecule has 0 unspecified atom stereocenters. The van der Waals surface area contributed by atoms with Crippen LogP contribution in [-0.2, 0) is 22.4 Å². The van der Waals surface area contributed by atoms with Gasteiger partial charge in [0.1, 0.15) is 0 Å². The van der Waals surface area contributed by atoms with Crippen LogP contribution in [-0.4, -0.2) is 31.3 Å². The summed E-state index contributed by atoms with van der Waals surface area (Å²) in [4.78, 5) is 25.8. The molecule has 7 heteroatoms. The van der Waals surface area contributed by atoms with Gasteiger partial charge in [0, 0.05) is 16.3 Å². The zero-order valence-electron chi connectivity index (χ0n) is 18.4. The summed E-state index contributed by atoms with van der Waals surface area (Å²) in [6.07, 6.45) is 3.49. The average molecular weight is 463 g/mol. The first-order valence-corrected chi connectivity index (χ1v) is 11.8. The third-order valence-corrected chi connectivity index (χ3v) is 6.29. The quantitative estimate of drug-likeness (QED) is 0.441.